The Labute approximate surface area is 116 Å². The van der Waals surface area contributed by atoms with Gasteiger partial charge in [-0.15, -0.1) is 0 Å². The van der Waals surface area contributed by atoms with E-state index in [1.54, 1.807) is 0 Å². The van der Waals surface area contributed by atoms with E-state index >= 15 is 0 Å². The molecule has 3 rings (SSSR count). The maximum Gasteiger partial charge on any atom is 0.126 e. The summed E-state index contributed by atoms with van der Waals surface area (Å²) in [6.07, 6.45) is 10.0. The van der Waals surface area contributed by atoms with Gasteiger partial charge in [-0.3, -0.25) is 0 Å². The molecule has 0 bridgehead atoms. The first-order valence-electron chi connectivity index (χ1n) is 7.70. The second-order valence-electron chi connectivity index (χ2n) is 6.18. The van der Waals surface area contributed by atoms with Gasteiger partial charge >= 0.3 is 0 Å². The Bertz CT molecular complexity index is 461. The second kappa shape index (κ2) is 5.16. The van der Waals surface area contributed by atoms with E-state index in [0.29, 0.717) is 0 Å². The normalized spacial score (nSPS) is 21.2. The number of methoxy groups -OCH3 is 1. The third-order valence-corrected chi connectivity index (χ3v) is 5.21. The zero-order valence-electron chi connectivity index (χ0n) is 12.0. The van der Waals surface area contributed by atoms with Crippen LogP contribution < -0.4 is 10.5 Å². The lowest BCUT2D eigenvalue weighted by Gasteiger charge is -2.32. The highest BCUT2D eigenvalue weighted by molar-refractivity contribution is 5.51. The molecular weight excluding hydrogens is 234 g/mol. The standard InChI is InChI=1S/C17H25NO/c1-19-16-14-7-3-2-6-13(14)8-9-15(16)17(12-18)10-4-5-11-17/h8-9H,2-7,10-12,18H2,1H3. The van der Waals surface area contributed by atoms with Crippen molar-refractivity contribution < 1.29 is 4.74 Å². The topological polar surface area (TPSA) is 35.2 Å². The average molecular weight is 259 g/mol. The predicted molar refractivity (Wildman–Crippen MR) is 78.8 cm³/mol. The van der Waals surface area contributed by atoms with Crippen molar-refractivity contribution >= 4 is 0 Å². The van der Waals surface area contributed by atoms with Crippen molar-refractivity contribution in [3.63, 3.8) is 0 Å². The molecule has 2 N–H and O–H groups in total. The number of fused-ring (bicyclic) bond motifs is 1. The highest BCUT2D eigenvalue weighted by atomic mass is 16.5. The maximum atomic E-state index is 6.14. The summed E-state index contributed by atoms with van der Waals surface area (Å²) >= 11 is 0. The molecule has 0 atom stereocenters. The van der Waals surface area contributed by atoms with Crippen molar-refractivity contribution in [2.45, 2.75) is 56.8 Å². The van der Waals surface area contributed by atoms with Gasteiger partial charge < -0.3 is 10.5 Å². The van der Waals surface area contributed by atoms with E-state index in [1.807, 2.05) is 7.11 Å². The van der Waals surface area contributed by atoms with Gasteiger partial charge in [-0.05, 0) is 49.7 Å². The van der Waals surface area contributed by atoms with Gasteiger partial charge in [0.15, 0.2) is 0 Å². The van der Waals surface area contributed by atoms with Crippen LogP contribution in [0.2, 0.25) is 0 Å². The first-order valence-corrected chi connectivity index (χ1v) is 7.70. The lowest BCUT2D eigenvalue weighted by atomic mass is 9.76. The largest absolute Gasteiger partial charge is 0.496 e. The molecule has 2 aliphatic rings. The number of benzene rings is 1. The van der Waals surface area contributed by atoms with Gasteiger partial charge in [-0.2, -0.15) is 0 Å². The highest BCUT2D eigenvalue weighted by Crippen LogP contribution is 2.46. The first-order chi connectivity index (χ1) is 9.30. The monoisotopic (exact) mass is 259 g/mol. The number of hydrogen-bond acceptors (Lipinski definition) is 2. The quantitative estimate of drug-likeness (QED) is 0.903. The lowest BCUT2D eigenvalue weighted by molar-refractivity contribution is 0.371. The van der Waals surface area contributed by atoms with Gasteiger partial charge in [-0.1, -0.05) is 25.0 Å². The van der Waals surface area contributed by atoms with Gasteiger partial charge in [0.25, 0.3) is 0 Å². The number of aryl methyl sites for hydroxylation is 1. The summed E-state index contributed by atoms with van der Waals surface area (Å²) in [5.41, 5.74) is 10.7. The Morgan fingerprint density at radius 1 is 1.11 bits per heavy atom. The van der Waals surface area contributed by atoms with Gasteiger partial charge in [0.1, 0.15) is 5.75 Å². The molecular formula is C17H25NO. The Balaban J connectivity index is 2.10. The Hall–Kier alpha value is -1.02. The number of hydrogen-bond donors (Lipinski definition) is 1. The summed E-state index contributed by atoms with van der Waals surface area (Å²) in [5.74, 6) is 1.16. The number of rotatable bonds is 3. The molecule has 0 aromatic heterocycles. The average Bonchev–Trinajstić information content (AvgIpc) is 2.96. The van der Waals surface area contributed by atoms with Crippen LogP contribution in [0.3, 0.4) is 0 Å². The van der Waals surface area contributed by atoms with E-state index in [-0.39, 0.29) is 5.41 Å². The van der Waals surface area contributed by atoms with Crippen LogP contribution in [0.4, 0.5) is 0 Å². The predicted octanol–water partition coefficient (Wildman–Crippen LogP) is 3.34. The number of ether oxygens (including phenoxy) is 1. The third kappa shape index (κ3) is 2.06. The summed E-state index contributed by atoms with van der Waals surface area (Å²) < 4.78 is 5.83. The maximum absolute atomic E-state index is 6.14. The molecule has 0 heterocycles. The molecule has 0 saturated heterocycles. The minimum Gasteiger partial charge on any atom is -0.496 e. The molecule has 19 heavy (non-hydrogen) atoms. The molecule has 0 unspecified atom stereocenters. The van der Waals surface area contributed by atoms with Crippen LogP contribution in [0, 0.1) is 0 Å². The summed E-state index contributed by atoms with van der Waals surface area (Å²) in [6.45, 7) is 0.752. The minimum atomic E-state index is 0.178. The van der Waals surface area contributed by atoms with Crippen LogP contribution in [0.5, 0.6) is 5.75 Å². The molecule has 0 spiro atoms. The van der Waals surface area contributed by atoms with Crippen LogP contribution >= 0.6 is 0 Å². The van der Waals surface area contributed by atoms with E-state index in [2.05, 4.69) is 12.1 Å². The van der Waals surface area contributed by atoms with Crippen molar-refractivity contribution in [3.8, 4) is 5.75 Å². The van der Waals surface area contributed by atoms with Gasteiger partial charge in [0.2, 0.25) is 0 Å². The van der Waals surface area contributed by atoms with Crippen LogP contribution in [-0.2, 0) is 18.3 Å². The highest BCUT2D eigenvalue weighted by Gasteiger charge is 2.37. The van der Waals surface area contributed by atoms with Crippen molar-refractivity contribution in [2.75, 3.05) is 13.7 Å². The van der Waals surface area contributed by atoms with E-state index in [9.17, 15) is 0 Å². The Morgan fingerprint density at radius 2 is 1.84 bits per heavy atom. The van der Waals surface area contributed by atoms with Gasteiger partial charge in [0, 0.05) is 17.5 Å². The Kier molecular flexibility index (Phi) is 3.53. The van der Waals surface area contributed by atoms with Crippen LogP contribution in [0.15, 0.2) is 12.1 Å². The molecule has 2 aliphatic carbocycles. The Morgan fingerprint density at radius 3 is 2.53 bits per heavy atom. The summed E-state index contributed by atoms with van der Waals surface area (Å²) in [6, 6.07) is 4.64. The van der Waals surface area contributed by atoms with E-state index < -0.39 is 0 Å². The third-order valence-electron chi connectivity index (χ3n) is 5.21. The van der Waals surface area contributed by atoms with E-state index in [4.69, 9.17) is 10.5 Å². The molecule has 104 valence electrons. The fourth-order valence-electron chi connectivity index (χ4n) is 4.08. The SMILES string of the molecule is COc1c(C2(CN)CCCC2)ccc2c1CCCC2. The first kappa shape index (κ1) is 13.0. The second-order valence-corrected chi connectivity index (χ2v) is 6.18. The van der Waals surface area contributed by atoms with Crippen LogP contribution in [-0.4, -0.2) is 13.7 Å². The molecule has 0 aliphatic heterocycles. The fraction of sp³-hybridized carbons (Fsp3) is 0.647. The van der Waals surface area contributed by atoms with Crippen molar-refractivity contribution in [2.24, 2.45) is 5.73 Å². The summed E-state index contributed by atoms with van der Waals surface area (Å²) in [4.78, 5) is 0. The number of nitrogens with two attached hydrogens (primary N) is 1. The van der Waals surface area contributed by atoms with Gasteiger partial charge in [0.05, 0.1) is 7.11 Å². The fourth-order valence-corrected chi connectivity index (χ4v) is 4.08. The molecule has 1 saturated carbocycles. The van der Waals surface area contributed by atoms with Crippen LogP contribution in [0.1, 0.15) is 55.2 Å². The minimum absolute atomic E-state index is 0.178. The van der Waals surface area contributed by atoms with E-state index in [1.165, 1.54) is 68.1 Å². The molecule has 0 amide bonds. The summed E-state index contributed by atoms with van der Waals surface area (Å²) in [7, 11) is 1.83. The van der Waals surface area contributed by atoms with Crippen molar-refractivity contribution in [3.05, 3.63) is 28.8 Å². The molecule has 1 aromatic carbocycles. The van der Waals surface area contributed by atoms with Crippen molar-refractivity contribution in [1.29, 1.82) is 0 Å². The van der Waals surface area contributed by atoms with Gasteiger partial charge in [-0.25, -0.2) is 0 Å². The summed E-state index contributed by atoms with van der Waals surface area (Å²) in [5, 5.41) is 0. The van der Waals surface area contributed by atoms with Crippen molar-refractivity contribution in [1.82, 2.24) is 0 Å². The molecule has 2 nitrogen and oxygen atoms in total. The zero-order valence-corrected chi connectivity index (χ0v) is 12.0. The van der Waals surface area contributed by atoms with E-state index in [0.717, 1.165) is 12.3 Å². The smallest absolute Gasteiger partial charge is 0.126 e. The zero-order chi connectivity index (χ0) is 13.3. The molecule has 1 fully saturated rings. The molecule has 2 heteroatoms. The lowest BCUT2D eigenvalue weighted by Crippen LogP contribution is -2.33. The van der Waals surface area contributed by atoms with Crippen LogP contribution in [0.25, 0.3) is 0 Å². The molecule has 1 aromatic rings. The molecule has 0 radical (unpaired) electrons.